The van der Waals surface area contributed by atoms with E-state index >= 15 is 0 Å². The van der Waals surface area contributed by atoms with E-state index in [0.29, 0.717) is 18.9 Å². The van der Waals surface area contributed by atoms with E-state index in [1.807, 2.05) is 24.3 Å². The Morgan fingerprint density at radius 2 is 2.07 bits per heavy atom. The summed E-state index contributed by atoms with van der Waals surface area (Å²) in [6, 6.07) is 7.89. The van der Waals surface area contributed by atoms with Crippen molar-refractivity contribution in [1.82, 2.24) is 14.9 Å². The molecule has 1 aliphatic rings. The zero-order valence-electron chi connectivity index (χ0n) is 16.6. The number of allylic oxidation sites excluding steroid dienone is 1. The van der Waals surface area contributed by atoms with Crippen molar-refractivity contribution >= 4 is 22.3 Å². The second kappa shape index (κ2) is 9.19. The lowest BCUT2D eigenvalue weighted by molar-refractivity contribution is 0.0725. The van der Waals surface area contributed by atoms with Gasteiger partial charge in [0, 0.05) is 42.0 Å². The molecule has 1 saturated heterocycles. The van der Waals surface area contributed by atoms with Crippen LogP contribution in [0.5, 0.6) is 0 Å². The Bertz CT molecular complexity index is 888. The Balaban J connectivity index is 1.69. The lowest BCUT2D eigenvalue weighted by Gasteiger charge is -2.32. The fraction of sp³-hybridized carbons (Fsp3) is 0.381. The van der Waals surface area contributed by atoms with Gasteiger partial charge in [-0.3, -0.25) is 4.90 Å². The van der Waals surface area contributed by atoms with Gasteiger partial charge >= 0.3 is 0 Å². The summed E-state index contributed by atoms with van der Waals surface area (Å²) < 4.78 is 25.1. The third-order valence-corrected chi connectivity index (χ3v) is 5.32. The molecule has 0 saturated carbocycles. The Hall–Kier alpha value is -2.71. The molecule has 0 atom stereocenters. The molecule has 1 fully saturated rings. The molecule has 0 radical (unpaired) electrons. The molecule has 5 N–H and O–H groups in total. The Kier molecular flexibility index (Phi) is 6.66. The summed E-state index contributed by atoms with van der Waals surface area (Å²) in [5.41, 5.74) is 8.20. The number of pyridine rings is 1. The van der Waals surface area contributed by atoms with Gasteiger partial charge in [0.2, 0.25) is 0 Å². The molecule has 2 heterocycles. The van der Waals surface area contributed by atoms with Crippen molar-refractivity contribution in [3.63, 3.8) is 0 Å². The minimum atomic E-state index is -2.28. The van der Waals surface area contributed by atoms with Crippen molar-refractivity contribution in [3.05, 3.63) is 54.5 Å². The minimum absolute atomic E-state index is 0.154. The van der Waals surface area contributed by atoms with E-state index in [1.54, 1.807) is 18.1 Å². The number of hydrogen-bond donors (Lipinski definition) is 3. The molecule has 0 unspecified atom stereocenters. The van der Waals surface area contributed by atoms with Crippen molar-refractivity contribution in [1.29, 1.82) is 0 Å². The van der Waals surface area contributed by atoms with Crippen LogP contribution in [-0.4, -0.2) is 48.0 Å². The highest BCUT2D eigenvalue weighted by molar-refractivity contribution is 5.87. The van der Waals surface area contributed by atoms with Crippen LogP contribution in [0.3, 0.4) is 0 Å². The molecule has 2 aromatic rings. The Morgan fingerprint density at radius 1 is 1.34 bits per heavy atom. The van der Waals surface area contributed by atoms with Crippen molar-refractivity contribution in [2.24, 2.45) is 17.5 Å². The monoisotopic (exact) mass is 402 g/mol. The van der Waals surface area contributed by atoms with Crippen LogP contribution < -0.4 is 16.9 Å². The predicted molar refractivity (Wildman–Crippen MR) is 114 cm³/mol. The highest BCUT2D eigenvalue weighted by Gasteiger charge is 2.23. The van der Waals surface area contributed by atoms with E-state index in [1.165, 1.54) is 11.2 Å². The number of nitrogens with zero attached hydrogens (tertiary/aromatic N) is 3. The summed E-state index contributed by atoms with van der Waals surface area (Å²) in [4.78, 5) is 6.28. The molecule has 1 aliphatic heterocycles. The molecule has 1 aromatic carbocycles. The number of halogens is 2. The van der Waals surface area contributed by atoms with Crippen LogP contribution >= 0.6 is 0 Å². The van der Waals surface area contributed by atoms with Crippen molar-refractivity contribution in [3.8, 4) is 0 Å². The quantitative estimate of drug-likeness (QED) is 0.487. The van der Waals surface area contributed by atoms with Crippen LogP contribution in [0.2, 0.25) is 0 Å². The average Bonchev–Trinajstić information content (AvgIpc) is 2.68. The van der Waals surface area contributed by atoms with Crippen molar-refractivity contribution in [2.45, 2.75) is 19.3 Å². The van der Waals surface area contributed by atoms with E-state index in [2.05, 4.69) is 16.9 Å². The van der Waals surface area contributed by atoms with Crippen molar-refractivity contribution in [2.75, 3.05) is 32.0 Å². The summed E-state index contributed by atoms with van der Waals surface area (Å²) in [7, 11) is 1.74. The number of piperidine rings is 1. The number of aromatic nitrogens is 1. The number of nitrogens with one attached hydrogen (secondary N) is 1. The number of hydrogen-bond acceptors (Lipinski definition) is 6. The summed E-state index contributed by atoms with van der Waals surface area (Å²) in [6.45, 7) is 5.32. The van der Waals surface area contributed by atoms with Gasteiger partial charge in [0.25, 0.3) is 6.43 Å². The lowest BCUT2D eigenvalue weighted by atomic mass is 9.94. The number of nitrogens with two attached hydrogens (primary N) is 2. The number of hydrazine groups is 1. The second-order valence-electron chi connectivity index (χ2n) is 7.41. The van der Waals surface area contributed by atoms with Gasteiger partial charge in [0.15, 0.2) is 0 Å². The van der Waals surface area contributed by atoms with Crippen LogP contribution in [0.4, 0.5) is 14.6 Å². The Labute approximate surface area is 169 Å². The van der Waals surface area contributed by atoms with Gasteiger partial charge in [-0.15, -0.1) is 0 Å². The summed E-state index contributed by atoms with van der Waals surface area (Å²) in [5, 5.41) is 6.78. The molecule has 29 heavy (non-hydrogen) atoms. The van der Waals surface area contributed by atoms with Crippen LogP contribution in [0.25, 0.3) is 16.5 Å². The van der Waals surface area contributed by atoms with Gasteiger partial charge in [0.1, 0.15) is 5.82 Å². The first-order valence-corrected chi connectivity index (χ1v) is 9.64. The highest BCUT2D eigenvalue weighted by Crippen LogP contribution is 2.27. The third kappa shape index (κ3) is 5.21. The lowest BCUT2D eigenvalue weighted by Crippen LogP contribution is -2.37. The normalized spacial score (nSPS) is 16.4. The largest absolute Gasteiger partial charge is 0.403 e. The van der Waals surface area contributed by atoms with E-state index in [4.69, 9.17) is 11.6 Å². The highest BCUT2D eigenvalue weighted by atomic mass is 19.3. The maximum absolute atomic E-state index is 12.5. The maximum atomic E-state index is 12.5. The zero-order chi connectivity index (χ0) is 21.0. The first kappa shape index (κ1) is 21.0. The van der Waals surface area contributed by atoms with Crippen LogP contribution in [-0.2, 0) is 0 Å². The number of rotatable bonds is 7. The average molecular weight is 402 g/mol. The molecule has 0 bridgehead atoms. The standard InChI is InChI=1S/C21H28F2N6/c1-14(15-5-7-29(8-6-15)13-20(22)23)27-21-10-18-9-16(19(11-24)28(2)25)3-4-17(18)12-26-21/h3-4,9-12,15,20H,1,5-8,13,24-25H2,2H3,(H,26,27)/b19-11-. The molecule has 0 amide bonds. The third-order valence-electron chi connectivity index (χ3n) is 5.32. The number of anilines is 1. The van der Waals surface area contributed by atoms with Gasteiger partial charge in [-0.1, -0.05) is 18.7 Å². The van der Waals surface area contributed by atoms with E-state index in [-0.39, 0.29) is 12.5 Å². The number of benzene rings is 1. The summed E-state index contributed by atoms with van der Waals surface area (Å²) in [6.07, 6.45) is 2.61. The molecular weight excluding hydrogens is 374 g/mol. The van der Waals surface area contributed by atoms with Crippen LogP contribution in [0.15, 0.2) is 48.9 Å². The number of likely N-dealkylation sites (tertiary alicyclic amines) is 1. The SMILES string of the molecule is C=C(Nc1cc2cc(/C(=C/N)N(C)N)ccc2cn1)C1CCN(CC(F)F)CC1. The van der Waals surface area contributed by atoms with Gasteiger partial charge in [-0.05, 0) is 43.5 Å². The molecule has 0 spiro atoms. The first-order valence-electron chi connectivity index (χ1n) is 9.64. The van der Waals surface area contributed by atoms with Gasteiger partial charge in [-0.25, -0.2) is 19.6 Å². The minimum Gasteiger partial charge on any atom is -0.403 e. The second-order valence-corrected chi connectivity index (χ2v) is 7.41. The smallest absolute Gasteiger partial charge is 0.251 e. The van der Waals surface area contributed by atoms with Gasteiger partial charge in [0.05, 0.1) is 12.2 Å². The van der Waals surface area contributed by atoms with E-state index in [9.17, 15) is 8.78 Å². The number of alkyl halides is 2. The van der Waals surface area contributed by atoms with E-state index in [0.717, 1.165) is 40.6 Å². The molecular formula is C21H28F2N6. The van der Waals surface area contributed by atoms with E-state index < -0.39 is 6.43 Å². The fourth-order valence-electron chi connectivity index (χ4n) is 3.71. The predicted octanol–water partition coefficient (Wildman–Crippen LogP) is 3.20. The number of fused-ring (bicyclic) bond motifs is 1. The van der Waals surface area contributed by atoms with Gasteiger partial charge in [-0.2, -0.15) is 0 Å². The van der Waals surface area contributed by atoms with Gasteiger partial charge < -0.3 is 16.1 Å². The zero-order valence-corrected chi connectivity index (χ0v) is 16.6. The van der Waals surface area contributed by atoms with Crippen LogP contribution in [0, 0.1) is 5.92 Å². The maximum Gasteiger partial charge on any atom is 0.251 e. The molecule has 1 aromatic heterocycles. The van der Waals surface area contributed by atoms with Crippen molar-refractivity contribution < 1.29 is 8.78 Å². The molecule has 3 rings (SSSR count). The molecule has 6 nitrogen and oxygen atoms in total. The molecule has 8 heteroatoms. The topological polar surface area (TPSA) is 83.4 Å². The molecule has 156 valence electrons. The summed E-state index contributed by atoms with van der Waals surface area (Å²) in [5.74, 6) is 6.79. The van der Waals surface area contributed by atoms with Crippen LogP contribution in [0.1, 0.15) is 18.4 Å². The summed E-state index contributed by atoms with van der Waals surface area (Å²) >= 11 is 0. The Morgan fingerprint density at radius 3 is 2.69 bits per heavy atom. The fourth-order valence-corrected chi connectivity index (χ4v) is 3.71. The molecule has 0 aliphatic carbocycles. The first-order chi connectivity index (χ1) is 13.9.